The highest BCUT2D eigenvalue weighted by molar-refractivity contribution is 5.79. The van der Waals surface area contributed by atoms with Gasteiger partial charge in [0.2, 0.25) is 5.88 Å². The molecule has 11 heteroatoms. The molecule has 0 bridgehead atoms. The Kier molecular flexibility index (Phi) is 11.0. The van der Waals surface area contributed by atoms with Gasteiger partial charge in [-0.3, -0.25) is 9.59 Å². The number of carbonyl (C=O) groups is 1. The fourth-order valence-electron chi connectivity index (χ4n) is 1.96. The van der Waals surface area contributed by atoms with Gasteiger partial charge in [0.25, 0.3) is 5.56 Å². The Morgan fingerprint density at radius 3 is 2.38 bits per heavy atom. The lowest BCUT2D eigenvalue weighted by molar-refractivity contribution is -0.0452. The van der Waals surface area contributed by atoms with Gasteiger partial charge in [0.1, 0.15) is 11.5 Å². The second kappa shape index (κ2) is 13.2. The van der Waals surface area contributed by atoms with Crippen molar-refractivity contribution >= 4 is 6.29 Å². The SMILES string of the molecule is COc1c[nH]c(=O)c(C2OCCO2)c1.COc1cc(C=O)c(O)cn1.OCCO. The molecular weight excluding hydrogens is 388 g/mol. The molecule has 11 nitrogen and oxygen atoms in total. The third-order valence-electron chi connectivity index (χ3n) is 3.34. The Hall–Kier alpha value is -2.99. The monoisotopic (exact) mass is 412 g/mol. The molecule has 0 aromatic carbocycles. The lowest BCUT2D eigenvalue weighted by atomic mass is 10.2. The first-order chi connectivity index (χ1) is 14.0. The summed E-state index contributed by atoms with van der Waals surface area (Å²) in [7, 11) is 2.97. The first-order valence-electron chi connectivity index (χ1n) is 8.40. The van der Waals surface area contributed by atoms with E-state index in [1.54, 1.807) is 6.07 Å². The Labute approximate surface area is 166 Å². The average Bonchev–Trinajstić information content (AvgIpc) is 3.30. The van der Waals surface area contributed by atoms with Crippen LogP contribution >= 0.6 is 0 Å². The van der Waals surface area contributed by atoms with Crippen LogP contribution in [0.2, 0.25) is 0 Å². The number of rotatable bonds is 5. The highest BCUT2D eigenvalue weighted by Gasteiger charge is 2.21. The van der Waals surface area contributed by atoms with Crippen molar-refractivity contribution in [1.82, 2.24) is 9.97 Å². The highest BCUT2D eigenvalue weighted by atomic mass is 16.7. The van der Waals surface area contributed by atoms with Crippen molar-refractivity contribution in [3.8, 4) is 17.4 Å². The molecule has 3 heterocycles. The number of hydrogen-bond acceptors (Lipinski definition) is 10. The van der Waals surface area contributed by atoms with E-state index in [2.05, 4.69) is 9.97 Å². The zero-order valence-corrected chi connectivity index (χ0v) is 16.0. The number of nitrogens with zero attached hydrogens (tertiary/aromatic N) is 1. The first-order valence-corrected chi connectivity index (χ1v) is 8.40. The summed E-state index contributed by atoms with van der Waals surface area (Å²) in [5.41, 5.74) is 0.413. The predicted octanol–water partition coefficient (Wildman–Crippen LogP) is 0.00820. The molecule has 0 saturated carbocycles. The van der Waals surface area contributed by atoms with Gasteiger partial charge in [-0.05, 0) is 6.07 Å². The molecule has 3 rings (SSSR count). The molecule has 0 amide bonds. The minimum atomic E-state index is -0.561. The first kappa shape index (κ1) is 24.0. The van der Waals surface area contributed by atoms with Gasteiger partial charge in [-0.15, -0.1) is 0 Å². The van der Waals surface area contributed by atoms with Crippen molar-refractivity contribution in [1.29, 1.82) is 0 Å². The van der Waals surface area contributed by atoms with Crippen LogP contribution in [-0.4, -0.2) is 72.2 Å². The van der Waals surface area contributed by atoms with E-state index in [0.29, 0.717) is 36.7 Å². The smallest absolute Gasteiger partial charge is 0.256 e. The van der Waals surface area contributed by atoms with Gasteiger partial charge in [0.15, 0.2) is 12.6 Å². The molecule has 1 aliphatic heterocycles. The van der Waals surface area contributed by atoms with Crippen LogP contribution in [0, 0.1) is 0 Å². The highest BCUT2D eigenvalue weighted by Crippen LogP contribution is 2.22. The van der Waals surface area contributed by atoms with Crippen LogP contribution in [0.15, 0.2) is 29.3 Å². The predicted molar refractivity (Wildman–Crippen MR) is 100 cm³/mol. The van der Waals surface area contributed by atoms with E-state index in [-0.39, 0.29) is 30.1 Å². The molecule has 0 unspecified atom stereocenters. The number of methoxy groups -OCH3 is 2. The number of aromatic hydroxyl groups is 1. The molecule has 4 N–H and O–H groups in total. The van der Waals surface area contributed by atoms with Crippen LogP contribution in [0.25, 0.3) is 0 Å². The molecule has 2 aromatic rings. The summed E-state index contributed by atoms with van der Waals surface area (Å²) in [6.45, 7) is 0.780. The molecule has 0 radical (unpaired) electrons. The minimum absolute atomic E-state index is 0.125. The summed E-state index contributed by atoms with van der Waals surface area (Å²) in [4.78, 5) is 27.9. The number of aliphatic hydroxyl groups is 2. The zero-order chi connectivity index (χ0) is 21.6. The Bertz CT molecular complexity index is 802. The second-order valence-corrected chi connectivity index (χ2v) is 5.25. The third-order valence-corrected chi connectivity index (χ3v) is 3.34. The maximum absolute atomic E-state index is 11.4. The number of aliphatic hydroxyl groups excluding tert-OH is 2. The summed E-state index contributed by atoms with van der Waals surface area (Å²) in [6.07, 6.45) is 2.65. The Morgan fingerprint density at radius 1 is 1.21 bits per heavy atom. The summed E-state index contributed by atoms with van der Waals surface area (Å²) in [5, 5.41) is 24.2. The van der Waals surface area contributed by atoms with Gasteiger partial charge in [0, 0.05) is 12.3 Å². The second-order valence-electron chi connectivity index (χ2n) is 5.25. The van der Waals surface area contributed by atoms with E-state index >= 15 is 0 Å². The van der Waals surface area contributed by atoms with Crippen molar-refractivity contribution in [3.63, 3.8) is 0 Å². The number of ether oxygens (including phenoxy) is 4. The molecule has 1 fully saturated rings. The number of aromatic amines is 1. The van der Waals surface area contributed by atoms with Crippen molar-refractivity contribution in [3.05, 3.63) is 46.0 Å². The topological polar surface area (TPSA) is 160 Å². The van der Waals surface area contributed by atoms with Crippen molar-refractivity contribution in [2.45, 2.75) is 6.29 Å². The van der Waals surface area contributed by atoms with E-state index in [0.717, 1.165) is 0 Å². The fourth-order valence-corrected chi connectivity index (χ4v) is 1.96. The third kappa shape index (κ3) is 7.87. The van der Waals surface area contributed by atoms with Gasteiger partial charge >= 0.3 is 0 Å². The van der Waals surface area contributed by atoms with Gasteiger partial charge < -0.3 is 39.3 Å². The normalized spacial score (nSPS) is 12.8. The molecule has 1 aliphatic rings. The molecule has 2 aromatic heterocycles. The number of hydrogen-bond donors (Lipinski definition) is 4. The quantitative estimate of drug-likeness (QED) is 0.492. The van der Waals surface area contributed by atoms with E-state index in [9.17, 15) is 9.59 Å². The number of nitrogens with one attached hydrogen (secondary N) is 1. The molecule has 0 spiro atoms. The number of aromatic nitrogens is 2. The van der Waals surface area contributed by atoms with Crippen molar-refractivity contribution < 1.29 is 39.1 Å². The Morgan fingerprint density at radius 2 is 1.86 bits per heavy atom. The number of aldehydes is 1. The van der Waals surface area contributed by atoms with E-state index < -0.39 is 6.29 Å². The maximum Gasteiger partial charge on any atom is 0.256 e. The van der Waals surface area contributed by atoms with E-state index in [4.69, 9.17) is 34.3 Å². The van der Waals surface area contributed by atoms with Crippen LogP contribution in [0.1, 0.15) is 22.2 Å². The molecule has 0 atom stereocenters. The summed E-state index contributed by atoms with van der Waals surface area (Å²) in [6, 6.07) is 2.98. The average molecular weight is 412 g/mol. The standard InChI is InChI=1S/C9H11NO4.C7H7NO3.C2H6O2/c1-12-6-4-7(8(11)10-5-6)9-13-2-3-14-9;1-11-7-2-5(4-9)6(10)3-8-7;3-1-2-4/h4-5,9H,2-3H2,1H3,(H,10,11);2-4,10H,1H3;3-4H,1-2H2. The Balaban J connectivity index is 0.000000251. The molecule has 0 aliphatic carbocycles. The van der Waals surface area contributed by atoms with Crippen molar-refractivity contribution in [2.24, 2.45) is 0 Å². The number of pyridine rings is 2. The minimum Gasteiger partial charge on any atom is -0.506 e. The number of H-pyrrole nitrogens is 1. The van der Waals surface area contributed by atoms with Gasteiger partial charge in [-0.2, -0.15) is 0 Å². The summed E-state index contributed by atoms with van der Waals surface area (Å²) in [5.74, 6) is 0.754. The molecule has 160 valence electrons. The van der Waals surface area contributed by atoms with Gasteiger partial charge in [-0.1, -0.05) is 0 Å². The van der Waals surface area contributed by atoms with Crippen LogP contribution in [-0.2, 0) is 9.47 Å². The van der Waals surface area contributed by atoms with Crippen LogP contribution in [0.5, 0.6) is 17.4 Å². The summed E-state index contributed by atoms with van der Waals surface area (Å²) < 4.78 is 20.2. The molecular formula is C18H24N2O9. The maximum atomic E-state index is 11.4. The zero-order valence-electron chi connectivity index (χ0n) is 16.0. The van der Waals surface area contributed by atoms with Gasteiger partial charge in [0.05, 0.1) is 58.0 Å². The summed E-state index contributed by atoms with van der Waals surface area (Å²) >= 11 is 0. The van der Waals surface area contributed by atoms with Crippen LogP contribution in [0.3, 0.4) is 0 Å². The van der Waals surface area contributed by atoms with E-state index in [1.165, 1.54) is 32.7 Å². The van der Waals surface area contributed by atoms with Crippen molar-refractivity contribution in [2.75, 3.05) is 40.6 Å². The lowest BCUT2D eigenvalue weighted by Crippen LogP contribution is -2.16. The molecule has 29 heavy (non-hydrogen) atoms. The fraction of sp³-hybridized carbons (Fsp3) is 0.389. The molecule has 1 saturated heterocycles. The largest absolute Gasteiger partial charge is 0.506 e. The van der Waals surface area contributed by atoms with Gasteiger partial charge in [-0.25, -0.2) is 4.98 Å². The number of carbonyl (C=O) groups excluding carboxylic acids is 1. The lowest BCUT2D eigenvalue weighted by Gasteiger charge is -2.08. The van der Waals surface area contributed by atoms with Crippen LogP contribution in [0.4, 0.5) is 0 Å². The van der Waals surface area contributed by atoms with Crippen LogP contribution < -0.4 is 15.0 Å². The van der Waals surface area contributed by atoms with E-state index in [1.807, 2.05) is 0 Å².